The maximum absolute atomic E-state index is 5.63. The zero-order chi connectivity index (χ0) is 10.7. The highest BCUT2D eigenvalue weighted by Gasteiger charge is 1.99. The molecule has 4 heteroatoms. The van der Waals surface area contributed by atoms with Crippen LogP contribution in [0.3, 0.4) is 0 Å². The SMILES string of the molecule is Nc1nc2ccc(C=CCCCl)cc2s1. The maximum Gasteiger partial charge on any atom is 0.181 e. The molecule has 0 unspecified atom stereocenters. The number of alkyl halides is 1. The molecule has 0 aliphatic carbocycles. The standard InChI is InChI=1S/C11H11ClN2S/c12-6-2-1-3-8-4-5-9-10(7-8)15-11(13)14-9/h1,3-5,7H,2,6H2,(H2,13,14). The van der Waals surface area contributed by atoms with Crippen LogP contribution in [-0.4, -0.2) is 10.9 Å². The predicted octanol–water partition coefficient (Wildman–Crippen LogP) is 3.52. The van der Waals surface area contributed by atoms with Crippen molar-refractivity contribution in [1.82, 2.24) is 4.98 Å². The molecule has 1 aromatic carbocycles. The molecule has 0 spiro atoms. The van der Waals surface area contributed by atoms with Crippen LogP contribution in [0.15, 0.2) is 24.3 Å². The van der Waals surface area contributed by atoms with Gasteiger partial charge in [0.1, 0.15) is 0 Å². The number of anilines is 1. The van der Waals surface area contributed by atoms with Gasteiger partial charge < -0.3 is 5.73 Å². The van der Waals surface area contributed by atoms with Crippen molar-refractivity contribution in [3.05, 3.63) is 29.8 Å². The van der Waals surface area contributed by atoms with Crippen LogP contribution in [0.2, 0.25) is 0 Å². The fourth-order valence-corrected chi connectivity index (χ4v) is 2.25. The van der Waals surface area contributed by atoms with Gasteiger partial charge in [0.2, 0.25) is 0 Å². The zero-order valence-corrected chi connectivity index (χ0v) is 9.68. The Hall–Kier alpha value is -1.06. The molecule has 2 rings (SSSR count). The Balaban J connectivity index is 2.30. The summed E-state index contributed by atoms with van der Waals surface area (Å²) in [5.74, 6) is 0.659. The van der Waals surface area contributed by atoms with Gasteiger partial charge in [-0.3, -0.25) is 0 Å². The van der Waals surface area contributed by atoms with Crippen LogP contribution < -0.4 is 5.73 Å². The number of hydrogen-bond acceptors (Lipinski definition) is 3. The number of hydrogen-bond donors (Lipinski definition) is 1. The van der Waals surface area contributed by atoms with Gasteiger partial charge in [0, 0.05) is 5.88 Å². The van der Waals surface area contributed by atoms with E-state index in [9.17, 15) is 0 Å². The minimum atomic E-state index is 0.617. The third-order valence-electron chi connectivity index (χ3n) is 2.02. The number of rotatable bonds is 3. The third-order valence-corrected chi connectivity index (χ3v) is 3.08. The number of thiazole rings is 1. The molecule has 0 bridgehead atoms. The minimum Gasteiger partial charge on any atom is -0.375 e. The zero-order valence-electron chi connectivity index (χ0n) is 8.11. The third kappa shape index (κ3) is 2.49. The van der Waals surface area contributed by atoms with Crippen molar-refractivity contribution in [1.29, 1.82) is 0 Å². The van der Waals surface area contributed by atoms with Crippen LogP contribution in [0.5, 0.6) is 0 Å². The molecule has 0 atom stereocenters. The smallest absolute Gasteiger partial charge is 0.181 e. The van der Waals surface area contributed by atoms with Crippen LogP contribution in [0.1, 0.15) is 12.0 Å². The van der Waals surface area contributed by atoms with E-state index in [0.29, 0.717) is 11.0 Å². The Labute approximate surface area is 97.4 Å². The number of nitrogen functional groups attached to an aromatic ring is 1. The van der Waals surface area contributed by atoms with Gasteiger partial charge in [-0.2, -0.15) is 0 Å². The summed E-state index contributed by atoms with van der Waals surface area (Å²) in [6, 6.07) is 6.11. The molecular formula is C11H11ClN2S. The lowest BCUT2D eigenvalue weighted by Crippen LogP contribution is -1.79. The van der Waals surface area contributed by atoms with Crippen LogP contribution >= 0.6 is 22.9 Å². The lowest BCUT2D eigenvalue weighted by Gasteiger charge is -1.92. The summed E-state index contributed by atoms with van der Waals surface area (Å²) < 4.78 is 1.13. The summed E-state index contributed by atoms with van der Waals surface area (Å²) in [6.07, 6.45) is 5.03. The highest BCUT2D eigenvalue weighted by molar-refractivity contribution is 7.22. The van der Waals surface area contributed by atoms with E-state index in [1.165, 1.54) is 11.3 Å². The van der Waals surface area contributed by atoms with E-state index in [1.807, 2.05) is 12.1 Å². The van der Waals surface area contributed by atoms with E-state index >= 15 is 0 Å². The van der Waals surface area contributed by atoms with Crippen molar-refractivity contribution < 1.29 is 0 Å². The molecule has 0 aliphatic rings. The molecule has 0 amide bonds. The van der Waals surface area contributed by atoms with Gasteiger partial charge in [-0.05, 0) is 24.1 Å². The summed E-state index contributed by atoms with van der Waals surface area (Å²) >= 11 is 7.10. The molecule has 1 aromatic heterocycles. The van der Waals surface area contributed by atoms with Gasteiger partial charge in [0.05, 0.1) is 10.2 Å². The van der Waals surface area contributed by atoms with Crippen LogP contribution in [0, 0.1) is 0 Å². The van der Waals surface area contributed by atoms with E-state index in [1.54, 1.807) is 0 Å². The molecule has 0 saturated carbocycles. The first-order chi connectivity index (χ1) is 7.29. The van der Waals surface area contributed by atoms with E-state index in [2.05, 4.69) is 23.2 Å². The molecule has 0 radical (unpaired) electrons. The van der Waals surface area contributed by atoms with E-state index < -0.39 is 0 Å². The predicted molar refractivity (Wildman–Crippen MR) is 68.4 cm³/mol. The van der Waals surface area contributed by atoms with Crippen LogP contribution in [0.25, 0.3) is 16.3 Å². The number of benzene rings is 1. The van der Waals surface area contributed by atoms with E-state index in [0.717, 1.165) is 22.2 Å². The van der Waals surface area contributed by atoms with Gasteiger partial charge in [0.25, 0.3) is 0 Å². The van der Waals surface area contributed by atoms with Gasteiger partial charge >= 0.3 is 0 Å². The van der Waals surface area contributed by atoms with Crippen molar-refractivity contribution in [3.8, 4) is 0 Å². The average Bonchev–Trinajstić information content (AvgIpc) is 2.57. The van der Waals surface area contributed by atoms with Crippen molar-refractivity contribution in [2.24, 2.45) is 0 Å². The van der Waals surface area contributed by atoms with E-state index in [4.69, 9.17) is 17.3 Å². The van der Waals surface area contributed by atoms with Crippen molar-refractivity contribution in [2.45, 2.75) is 6.42 Å². The fourth-order valence-electron chi connectivity index (χ4n) is 1.35. The Kier molecular flexibility index (Phi) is 3.23. The largest absolute Gasteiger partial charge is 0.375 e. The minimum absolute atomic E-state index is 0.617. The monoisotopic (exact) mass is 238 g/mol. The fraction of sp³-hybridized carbons (Fsp3) is 0.182. The molecule has 0 saturated heterocycles. The summed E-state index contributed by atoms with van der Waals surface area (Å²) in [7, 11) is 0. The number of nitrogens with zero attached hydrogens (tertiary/aromatic N) is 1. The number of aromatic nitrogens is 1. The number of halogens is 1. The van der Waals surface area contributed by atoms with Gasteiger partial charge in [-0.1, -0.05) is 29.6 Å². The summed E-state index contributed by atoms with van der Waals surface area (Å²) in [5.41, 5.74) is 7.76. The Morgan fingerprint density at radius 3 is 3.13 bits per heavy atom. The molecule has 2 aromatic rings. The lowest BCUT2D eigenvalue weighted by atomic mass is 10.2. The topological polar surface area (TPSA) is 38.9 Å². The first-order valence-corrected chi connectivity index (χ1v) is 6.03. The molecule has 1 heterocycles. The second kappa shape index (κ2) is 4.64. The second-order valence-electron chi connectivity index (χ2n) is 3.16. The molecule has 15 heavy (non-hydrogen) atoms. The number of allylic oxidation sites excluding steroid dienone is 1. The van der Waals surface area contributed by atoms with Crippen molar-refractivity contribution >= 4 is 44.4 Å². The molecule has 2 nitrogen and oxygen atoms in total. The average molecular weight is 239 g/mol. The normalized spacial score (nSPS) is 11.5. The summed E-state index contributed by atoms with van der Waals surface area (Å²) in [6.45, 7) is 0. The Morgan fingerprint density at radius 1 is 1.47 bits per heavy atom. The Morgan fingerprint density at radius 2 is 2.33 bits per heavy atom. The first kappa shape index (κ1) is 10.5. The summed E-state index contributed by atoms with van der Waals surface area (Å²) in [4.78, 5) is 4.20. The quantitative estimate of drug-likeness (QED) is 0.831. The molecule has 0 fully saturated rings. The molecule has 78 valence electrons. The van der Waals surface area contributed by atoms with Crippen molar-refractivity contribution in [3.63, 3.8) is 0 Å². The van der Waals surface area contributed by atoms with E-state index in [-0.39, 0.29) is 0 Å². The molecule has 0 aliphatic heterocycles. The van der Waals surface area contributed by atoms with Gasteiger partial charge in [-0.25, -0.2) is 4.98 Å². The highest BCUT2D eigenvalue weighted by atomic mass is 35.5. The van der Waals surface area contributed by atoms with Crippen LogP contribution in [0.4, 0.5) is 5.13 Å². The van der Waals surface area contributed by atoms with Gasteiger partial charge in [-0.15, -0.1) is 11.6 Å². The maximum atomic E-state index is 5.63. The lowest BCUT2D eigenvalue weighted by molar-refractivity contribution is 1.24. The Bertz CT molecular complexity index is 490. The number of fused-ring (bicyclic) bond motifs is 1. The first-order valence-electron chi connectivity index (χ1n) is 4.68. The number of nitrogens with two attached hydrogens (primary N) is 1. The summed E-state index contributed by atoms with van der Waals surface area (Å²) in [5, 5.41) is 0.617. The van der Waals surface area contributed by atoms with Crippen LogP contribution in [-0.2, 0) is 0 Å². The van der Waals surface area contributed by atoms with Gasteiger partial charge in [0.15, 0.2) is 5.13 Å². The molecule has 2 N–H and O–H groups in total. The highest BCUT2D eigenvalue weighted by Crippen LogP contribution is 2.24. The second-order valence-corrected chi connectivity index (χ2v) is 4.60. The molecular weight excluding hydrogens is 228 g/mol. The van der Waals surface area contributed by atoms with Crippen molar-refractivity contribution in [2.75, 3.05) is 11.6 Å².